The number of aryl methyl sites for hydroxylation is 1. The van der Waals surface area contributed by atoms with E-state index in [4.69, 9.17) is 9.47 Å². The summed E-state index contributed by atoms with van der Waals surface area (Å²) in [6, 6.07) is 11.8. The quantitative estimate of drug-likeness (QED) is 0.748. The molecule has 0 unspecified atom stereocenters. The number of ether oxygens (including phenoxy) is 2. The van der Waals surface area contributed by atoms with Crippen molar-refractivity contribution in [3.05, 3.63) is 47.5 Å². The van der Waals surface area contributed by atoms with Gasteiger partial charge in [-0.3, -0.25) is 4.79 Å². The molecule has 0 aliphatic carbocycles. The average Bonchev–Trinajstić information content (AvgIpc) is 2.54. The smallest absolute Gasteiger partial charge is 0.161 e. The van der Waals surface area contributed by atoms with Gasteiger partial charge >= 0.3 is 0 Å². The van der Waals surface area contributed by atoms with Crippen LogP contribution < -0.4 is 9.47 Å². The molecule has 0 saturated carbocycles. The minimum atomic E-state index is 0.561. The number of hydrogen-bond donors (Lipinski definition) is 0. The molecule has 0 heterocycles. The van der Waals surface area contributed by atoms with Crippen LogP contribution in [0.4, 0.5) is 0 Å². The van der Waals surface area contributed by atoms with Crippen LogP contribution in [0.25, 0.3) is 11.1 Å². The van der Waals surface area contributed by atoms with Crippen LogP contribution in [-0.2, 0) is 6.42 Å². The first-order valence-corrected chi connectivity index (χ1v) is 7.04. The van der Waals surface area contributed by atoms with E-state index in [2.05, 4.69) is 19.1 Å². The van der Waals surface area contributed by atoms with E-state index in [1.807, 2.05) is 18.2 Å². The molecule has 0 aliphatic heterocycles. The maximum Gasteiger partial charge on any atom is 0.161 e. The Hall–Kier alpha value is -2.29. The van der Waals surface area contributed by atoms with Crippen molar-refractivity contribution in [2.24, 2.45) is 0 Å². The molecule has 0 radical (unpaired) electrons. The van der Waals surface area contributed by atoms with E-state index in [-0.39, 0.29) is 0 Å². The molecule has 21 heavy (non-hydrogen) atoms. The van der Waals surface area contributed by atoms with Gasteiger partial charge in [0, 0.05) is 5.56 Å². The first kappa shape index (κ1) is 15.1. The van der Waals surface area contributed by atoms with Crippen LogP contribution in [0.5, 0.6) is 11.5 Å². The van der Waals surface area contributed by atoms with Gasteiger partial charge in [-0.05, 0) is 35.2 Å². The van der Waals surface area contributed by atoms with Gasteiger partial charge in [0.25, 0.3) is 0 Å². The highest BCUT2D eigenvalue weighted by molar-refractivity contribution is 5.89. The van der Waals surface area contributed by atoms with Crippen LogP contribution >= 0.6 is 0 Å². The summed E-state index contributed by atoms with van der Waals surface area (Å²) in [4.78, 5) is 11.3. The number of aldehydes is 1. The van der Waals surface area contributed by atoms with Gasteiger partial charge in [0.2, 0.25) is 0 Å². The second kappa shape index (κ2) is 6.93. The molecule has 2 aromatic rings. The van der Waals surface area contributed by atoms with Crippen molar-refractivity contribution in [3.8, 4) is 22.6 Å². The van der Waals surface area contributed by atoms with Gasteiger partial charge in [0.15, 0.2) is 17.8 Å². The van der Waals surface area contributed by atoms with Gasteiger partial charge in [0.05, 0.1) is 14.2 Å². The molecule has 2 rings (SSSR count). The predicted octanol–water partition coefficient (Wildman–Crippen LogP) is 4.14. The third kappa shape index (κ3) is 3.24. The maximum atomic E-state index is 11.3. The minimum Gasteiger partial charge on any atom is -0.493 e. The van der Waals surface area contributed by atoms with Crippen molar-refractivity contribution in [1.82, 2.24) is 0 Å². The molecule has 3 heteroatoms. The summed E-state index contributed by atoms with van der Waals surface area (Å²) in [5, 5.41) is 0. The zero-order chi connectivity index (χ0) is 15.2. The minimum absolute atomic E-state index is 0.561. The van der Waals surface area contributed by atoms with Crippen LogP contribution in [0.2, 0.25) is 0 Å². The lowest BCUT2D eigenvalue weighted by Gasteiger charge is -2.12. The molecule has 0 aliphatic rings. The molecule has 0 bridgehead atoms. The van der Waals surface area contributed by atoms with Gasteiger partial charge in [-0.25, -0.2) is 0 Å². The topological polar surface area (TPSA) is 35.5 Å². The Labute approximate surface area is 125 Å². The molecule has 0 amide bonds. The van der Waals surface area contributed by atoms with Crippen LogP contribution in [0.15, 0.2) is 36.4 Å². The standard InChI is InChI=1S/C18H20O3/c1-4-5-13-6-8-14(9-7-13)16-11-18(21-3)17(20-2)10-15(16)12-19/h6-12H,4-5H2,1-3H3. The van der Waals surface area contributed by atoms with E-state index >= 15 is 0 Å². The van der Waals surface area contributed by atoms with Gasteiger partial charge in [-0.15, -0.1) is 0 Å². The predicted molar refractivity (Wildman–Crippen MR) is 84.4 cm³/mol. The van der Waals surface area contributed by atoms with Crippen molar-refractivity contribution < 1.29 is 14.3 Å². The van der Waals surface area contributed by atoms with E-state index < -0.39 is 0 Å². The monoisotopic (exact) mass is 284 g/mol. The van der Waals surface area contributed by atoms with Crippen molar-refractivity contribution >= 4 is 6.29 Å². The fraction of sp³-hybridized carbons (Fsp3) is 0.278. The molecule has 0 N–H and O–H groups in total. The summed E-state index contributed by atoms with van der Waals surface area (Å²) >= 11 is 0. The highest BCUT2D eigenvalue weighted by Crippen LogP contribution is 2.35. The molecule has 3 nitrogen and oxygen atoms in total. The second-order valence-corrected chi connectivity index (χ2v) is 4.86. The Morgan fingerprint density at radius 2 is 1.62 bits per heavy atom. The zero-order valence-electron chi connectivity index (χ0n) is 12.7. The lowest BCUT2D eigenvalue weighted by Crippen LogP contribution is -1.95. The molecule has 110 valence electrons. The number of methoxy groups -OCH3 is 2. The van der Waals surface area contributed by atoms with Crippen LogP contribution in [0.1, 0.15) is 29.3 Å². The Kier molecular flexibility index (Phi) is 4.99. The van der Waals surface area contributed by atoms with E-state index in [0.717, 1.165) is 30.3 Å². The number of benzene rings is 2. The Balaban J connectivity index is 2.48. The van der Waals surface area contributed by atoms with Crippen molar-refractivity contribution in [2.45, 2.75) is 19.8 Å². The molecular formula is C18H20O3. The molecule has 0 aromatic heterocycles. The number of rotatable bonds is 6. The SMILES string of the molecule is CCCc1ccc(-c2cc(OC)c(OC)cc2C=O)cc1. The molecule has 2 aromatic carbocycles. The first-order valence-electron chi connectivity index (χ1n) is 7.04. The third-order valence-electron chi connectivity index (χ3n) is 3.49. The highest BCUT2D eigenvalue weighted by Gasteiger charge is 2.12. The number of carbonyl (C=O) groups is 1. The summed E-state index contributed by atoms with van der Waals surface area (Å²) in [7, 11) is 3.15. The van der Waals surface area contributed by atoms with E-state index in [9.17, 15) is 4.79 Å². The summed E-state index contributed by atoms with van der Waals surface area (Å²) in [5.74, 6) is 1.18. The van der Waals surface area contributed by atoms with E-state index in [0.29, 0.717) is 17.1 Å². The first-order chi connectivity index (χ1) is 10.2. The summed E-state index contributed by atoms with van der Waals surface area (Å²) in [6.07, 6.45) is 3.03. The Morgan fingerprint density at radius 3 is 2.14 bits per heavy atom. The Bertz CT molecular complexity index is 615. The summed E-state index contributed by atoms with van der Waals surface area (Å²) in [6.45, 7) is 2.16. The van der Waals surface area contributed by atoms with E-state index in [1.165, 1.54) is 5.56 Å². The normalized spacial score (nSPS) is 10.2. The number of hydrogen-bond acceptors (Lipinski definition) is 3. The van der Waals surface area contributed by atoms with Gasteiger partial charge in [0.1, 0.15) is 0 Å². The van der Waals surface area contributed by atoms with Crippen LogP contribution in [-0.4, -0.2) is 20.5 Å². The Morgan fingerprint density at radius 1 is 1.00 bits per heavy atom. The van der Waals surface area contributed by atoms with Crippen LogP contribution in [0, 0.1) is 0 Å². The summed E-state index contributed by atoms with van der Waals surface area (Å²) in [5.41, 5.74) is 3.74. The summed E-state index contributed by atoms with van der Waals surface area (Å²) < 4.78 is 10.6. The largest absolute Gasteiger partial charge is 0.493 e. The van der Waals surface area contributed by atoms with Gasteiger partial charge in [-0.1, -0.05) is 37.6 Å². The van der Waals surface area contributed by atoms with Crippen molar-refractivity contribution in [2.75, 3.05) is 14.2 Å². The number of carbonyl (C=O) groups excluding carboxylic acids is 1. The third-order valence-corrected chi connectivity index (χ3v) is 3.49. The van der Waals surface area contributed by atoms with Crippen molar-refractivity contribution in [3.63, 3.8) is 0 Å². The fourth-order valence-electron chi connectivity index (χ4n) is 2.38. The lowest BCUT2D eigenvalue weighted by molar-refractivity contribution is 0.112. The molecule has 0 spiro atoms. The van der Waals surface area contributed by atoms with Crippen LogP contribution in [0.3, 0.4) is 0 Å². The van der Waals surface area contributed by atoms with Gasteiger partial charge in [-0.2, -0.15) is 0 Å². The maximum absolute atomic E-state index is 11.3. The molecule has 0 atom stereocenters. The lowest BCUT2D eigenvalue weighted by atomic mass is 9.97. The zero-order valence-corrected chi connectivity index (χ0v) is 12.7. The van der Waals surface area contributed by atoms with Gasteiger partial charge < -0.3 is 9.47 Å². The van der Waals surface area contributed by atoms with E-state index in [1.54, 1.807) is 20.3 Å². The molecule has 0 saturated heterocycles. The fourth-order valence-corrected chi connectivity index (χ4v) is 2.38. The average molecular weight is 284 g/mol. The second-order valence-electron chi connectivity index (χ2n) is 4.86. The highest BCUT2D eigenvalue weighted by atomic mass is 16.5. The van der Waals surface area contributed by atoms with Crippen molar-refractivity contribution in [1.29, 1.82) is 0 Å². The molecule has 0 fully saturated rings. The molecular weight excluding hydrogens is 264 g/mol.